The largest absolute Gasteiger partial charge is 0.300 e. The van der Waals surface area contributed by atoms with Crippen molar-refractivity contribution in [2.24, 2.45) is 11.8 Å². The van der Waals surface area contributed by atoms with E-state index in [9.17, 15) is 14.4 Å². The van der Waals surface area contributed by atoms with Gasteiger partial charge in [-0.05, 0) is 34.7 Å². The Kier molecular flexibility index (Phi) is 4.97. The summed E-state index contributed by atoms with van der Waals surface area (Å²) >= 11 is 3.50. The summed E-state index contributed by atoms with van der Waals surface area (Å²) in [4.78, 5) is 40.8. The van der Waals surface area contributed by atoms with Crippen LogP contribution >= 0.6 is 15.9 Å². The number of rotatable bonds is 2. The van der Waals surface area contributed by atoms with Gasteiger partial charge < -0.3 is 0 Å². The van der Waals surface area contributed by atoms with E-state index in [4.69, 9.17) is 0 Å². The quantitative estimate of drug-likeness (QED) is 0.601. The van der Waals surface area contributed by atoms with E-state index in [-0.39, 0.29) is 35.4 Å². The van der Waals surface area contributed by atoms with E-state index < -0.39 is 11.8 Å². The van der Waals surface area contributed by atoms with Gasteiger partial charge in [0.1, 0.15) is 5.78 Å². The van der Waals surface area contributed by atoms with Crippen molar-refractivity contribution in [2.45, 2.75) is 44.9 Å². The Labute approximate surface area is 179 Å². The summed E-state index contributed by atoms with van der Waals surface area (Å²) in [6.07, 6.45) is 0.459. The number of benzene rings is 2. The molecule has 2 fully saturated rings. The first-order valence-electron chi connectivity index (χ1n) is 9.93. The molecule has 2 amide bonds. The Hall–Kier alpha value is -2.27. The summed E-state index contributed by atoms with van der Waals surface area (Å²) in [5, 5.41) is 0. The fourth-order valence-electron chi connectivity index (χ4n) is 4.68. The van der Waals surface area contributed by atoms with Crippen molar-refractivity contribution in [3.8, 4) is 0 Å². The Balaban J connectivity index is 1.81. The van der Waals surface area contributed by atoms with Gasteiger partial charge in [-0.3, -0.25) is 14.4 Å². The molecule has 0 spiro atoms. The minimum Gasteiger partial charge on any atom is -0.300 e. The average molecular weight is 454 g/mol. The minimum atomic E-state index is -0.578. The van der Waals surface area contributed by atoms with Crippen molar-refractivity contribution in [1.29, 1.82) is 0 Å². The zero-order valence-corrected chi connectivity index (χ0v) is 18.4. The van der Waals surface area contributed by atoms with Crippen molar-refractivity contribution < 1.29 is 14.4 Å². The molecule has 2 aromatic rings. The van der Waals surface area contributed by atoms with Gasteiger partial charge in [0, 0.05) is 23.2 Å². The monoisotopic (exact) mass is 453 g/mol. The van der Waals surface area contributed by atoms with Gasteiger partial charge in [0.25, 0.3) is 0 Å². The molecule has 1 saturated carbocycles. The molecule has 29 heavy (non-hydrogen) atoms. The van der Waals surface area contributed by atoms with Crippen molar-refractivity contribution in [1.82, 2.24) is 0 Å². The van der Waals surface area contributed by atoms with E-state index in [2.05, 4.69) is 36.7 Å². The van der Waals surface area contributed by atoms with E-state index in [1.54, 1.807) is 0 Å². The van der Waals surface area contributed by atoms with Crippen LogP contribution in [0.5, 0.6) is 0 Å². The molecule has 1 aliphatic carbocycles. The summed E-state index contributed by atoms with van der Waals surface area (Å²) in [6, 6.07) is 15.3. The van der Waals surface area contributed by atoms with E-state index in [0.29, 0.717) is 12.1 Å². The van der Waals surface area contributed by atoms with Crippen LogP contribution in [0.1, 0.15) is 50.7 Å². The number of carbonyl (C=O) groups is 3. The SMILES string of the molecule is CC(C)(C)c1cc(Br)ccc1N1C(=O)[C@H]2[C@@H](c3ccccc3)CC(=O)C[C@H]2C1=O. The van der Waals surface area contributed by atoms with Gasteiger partial charge in [-0.2, -0.15) is 0 Å². The van der Waals surface area contributed by atoms with Crippen molar-refractivity contribution in [2.75, 3.05) is 4.90 Å². The fraction of sp³-hybridized carbons (Fsp3) is 0.375. The molecule has 2 aliphatic rings. The molecule has 0 unspecified atom stereocenters. The summed E-state index contributed by atoms with van der Waals surface area (Å²) in [6.45, 7) is 6.19. The van der Waals surface area contributed by atoms with Gasteiger partial charge in [0.05, 0.1) is 17.5 Å². The number of halogens is 1. The predicted molar refractivity (Wildman–Crippen MR) is 116 cm³/mol. The van der Waals surface area contributed by atoms with Crippen LogP contribution < -0.4 is 4.90 Å². The second-order valence-corrected chi connectivity index (χ2v) is 9.94. The number of anilines is 1. The molecule has 150 valence electrons. The Bertz CT molecular complexity index is 993. The molecule has 0 N–H and O–H groups in total. The smallest absolute Gasteiger partial charge is 0.238 e. The highest BCUT2D eigenvalue weighted by atomic mass is 79.9. The van der Waals surface area contributed by atoms with Crippen LogP contribution in [0, 0.1) is 11.8 Å². The van der Waals surface area contributed by atoms with Crippen molar-refractivity contribution >= 4 is 39.2 Å². The molecular formula is C24H24BrNO3. The highest BCUT2D eigenvalue weighted by molar-refractivity contribution is 9.10. The van der Waals surface area contributed by atoms with Crippen LogP contribution in [0.4, 0.5) is 5.69 Å². The number of amides is 2. The molecule has 1 saturated heterocycles. The molecule has 5 heteroatoms. The van der Waals surface area contributed by atoms with Crippen molar-refractivity contribution in [3.05, 3.63) is 64.1 Å². The van der Waals surface area contributed by atoms with E-state index in [0.717, 1.165) is 15.6 Å². The minimum absolute atomic E-state index is 0.0509. The third kappa shape index (κ3) is 3.46. The van der Waals surface area contributed by atoms with Gasteiger partial charge in [-0.25, -0.2) is 4.90 Å². The maximum atomic E-state index is 13.6. The Morgan fingerprint density at radius 3 is 2.21 bits per heavy atom. The first-order chi connectivity index (χ1) is 13.7. The molecule has 4 rings (SSSR count). The first-order valence-corrected chi connectivity index (χ1v) is 10.7. The predicted octanol–water partition coefficient (Wildman–Crippen LogP) is 5.00. The van der Waals surface area contributed by atoms with Crippen molar-refractivity contribution in [3.63, 3.8) is 0 Å². The van der Waals surface area contributed by atoms with E-state index in [1.807, 2.05) is 48.5 Å². The highest BCUT2D eigenvalue weighted by Gasteiger charge is 2.55. The van der Waals surface area contributed by atoms with E-state index in [1.165, 1.54) is 4.90 Å². The Morgan fingerprint density at radius 2 is 1.55 bits per heavy atom. The van der Waals surface area contributed by atoms with Gasteiger partial charge >= 0.3 is 0 Å². The zero-order valence-electron chi connectivity index (χ0n) is 16.8. The topological polar surface area (TPSA) is 54.5 Å². The second kappa shape index (κ2) is 7.21. The molecule has 1 heterocycles. The number of hydrogen-bond donors (Lipinski definition) is 0. The number of nitrogens with zero attached hydrogens (tertiary/aromatic N) is 1. The lowest BCUT2D eigenvalue weighted by Crippen LogP contribution is -2.34. The maximum absolute atomic E-state index is 13.6. The van der Waals surface area contributed by atoms with Crippen LogP contribution in [0.25, 0.3) is 0 Å². The van der Waals surface area contributed by atoms with Gasteiger partial charge in [0.15, 0.2) is 0 Å². The number of imide groups is 1. The lowest BCUT2D eigenvalue weighted by atomic mass is 9.70. The summed E-state index contributed by atoms with van der Waals surface area (Å²) in [7, 11) is 0. The molecule has 1 aliphatic heterocycles. The fourth-order valence-corrected chi connectivity index (χ4v) is 5.04. The summed E-state index contributed by atoms with van der Waals surface area (Å²) in [5.74, 6) is -1.70. The average Bonchev–Trinajstić information content (AvgIpc) is 2.92. The molecule has 4 nitrogen and oxygen atoms in total. The number of Topliss-reactive ketones (excluding diaryl/α,β-unsaturated/α-hetero) is 1. The van der Waals surface area contributed by atoms with Crippen LogP contribution in [-0.4, -0.2) is 17.6 Å². The normalized spacial score (nSPS) is 24.8. The molecule has 0 bridgehead atoms. The third-order valence-corrected chi connectivity index (χ3v) is 6.53. The van der Waals surface area contributed by atoms with Gasteiger partial charge in [-0.15, -0.1) is 0 Å². The Morgan fingerprint density at radius 1 is 0.897 bits per heavy atom. The molecule has 0 radical (unpaired) electrons. The number of fused-ring (bicyclic) bond motifs is 1. The van der Waals surface area contributed by atoms with Crippen LogP contribution in [-0.2, 0) is 19.8 Å². The number of carbonyl (C=O) groups excluding carboxylic acids is 3. The van der Waals surface area contributed by atoms with Crippen LogP contribution in [0.3, 0.4) is 0 Å². The molecule has 0 aromatic heterocycles. The number of hydrogen-bond acceptors (Lipinski definition) is 3. The standard InChI is InChI=1S/C24H24BrNO3/c1-24(2,3)19-11-15(25)9-10-20(19)26-22(28)18-13-16(27)12-17(21(18)23(26)29)14-7-5-4-6-8-14/h4-11,17-18,21H,12-13H2,1-3H3/t17-,18-,21+/m1/s1. The second-order valence-electron chi connectivity index (χ2n) is 9.02. The van der Waals surface area contributed by atoms with Gasteiger partial charge in [-0.1, -0.05) is 67.0 Å². The lowest BCUT2D eigenvalue weighted by molar-refractivity contribution is -0.130. The summed E-state index contributed by atoms with van der Waals surface area (Å²) < 4.78 is 0.903. The lowest BCUT2D eigenvalue weighted by Gasteiger charge is -2.30. The van der Waals surface area contributed by atoms with Crippen LogP contribution in [0.2, 0.25) is 0 Å². The first kappa shape index (κ1) is 20.0. The van der Waals surface area contributed by atoms with Crippen LogP contribution in [0.15, 0.2) is 53.0 Å². The third-order valence-electron chi connectivity index (χ3n) is 6.04. The zero-order chi connectivity index (χ0) is 20.9. The maximum Gasteiger partial charge on any atom is 0.238 e. The van der Waals surface area contributed by atoms with E-state index >= 15 is 0 Å². The summed E-state index contributed by atoms with van der Waals surface area (Å²) in [5.41, 5.74) is 2.26. The van der Waals surface area contributed by atoms with Gasteiger partial charge in [0.2, 0.25) is 11.8 Å². The number of ketones is 1. The highest BCUT2D eigenvalue weighted by Crippen LogP contribution is 2.48. The molecular weight excluding hydrogens is 430 g/mol. The molecule has 2 aromatic carbocycles. The molecule has 3 atom stereocenters.